The van der Waals surface area contributed by atoms with Gasteiger partial charge in [-0.15, -0.1) is 0 Å². The third-order valence-corrected chi connectivity index (χ3v) is 2.53. The highest BCUT2D eigenvalue weighted by molar-refractivity contribution is 5.66. The second-order valence-corrected chi connectivity index (χ2v) is 4.29. The summed E-state index contributed by atoms with van der Waals surface area (Å²) < 4.78 is 13.2. The number of anilines is 1. The first-order valence-corrected chi connectivity index (χ1v) is 5.82. The standard InChI is InChI=1S/C12H15FN2O4/c1-8(3-2-4-12(16)17)14-10-5-9(13)6-11(7-10)15(18)19/h5-8,14H,2-4H2,1H3,(H,16,17). The van der Waals surface area contributed by atoms with Crippen molar-refractivity contribution < 1.29 is 19.2 Å². The van der Waals surface area contributed by atoms with Crippen LogP contribution in [0.4, 0.5) is 15.8 Å². The largest absolute Gasteiger partial charge is 0.481 e. The van der Waals surface area contributed by atoms with Gasteiger partial charge in [0, 0.05) is 24.2 Å². The lowest BCUT2D eigenvalue weighted by Crippen LogP contribution is -2.15. The van der Waals surface area contributed by atoms with Gasteiger partial charge in [0.15, 0.2) is 0 Å². The van der Waals surface area contributed by atoms with Crippen LogP contribution in [0.1, 0.15) is 26.2 Å². The first-order chi connectivity index (χ1) is 8.88. The summed E-state index contributed by atoms with van der Waals surface area (Å²) in [6.07, 6.45) is 1.13. The maximum Gasteiger partial charge on any atom is 0.303 e. The Morgan fingerprint density at radius 3 is 2.79 bits per heavy atom. The van der Waals surface area contributed by atoms with Crippen LogP contribution in [-0.2, 0) is 4.79 Å². The number of aliphatic carboxylic acids is 1. The predicted molar refractivity (Wildman–Crippen MR) is 67.6 cm³/mol. The molecule has 6 nitrogen and oxygen atoms in total. The minimum atomic E-state index is -0.867. The molecule has 1 aromatic carbocycles. The Morgan fingerprint density at radius 2 is 2.21 bits per heavy atom. The van der Waals surface area contributed by atoms with Gasteiger partial charge in [0.2, 0.25) is 0 Å². The number of hydrogen-bond acceptors (Lipinski definition) is 4. The highest BCUT2D eigenvalue weighted by Crippen LogP contribution is 2.21. The number of nitrogens with zero attached hydrogens (tertiary/aromatic N) is 1. The molecular formula is C12H15FN2O4. The zero-order valence-electron chi connectivity index (χ0n) is 10.4. The zero-order chi connectivity index (χ0) is 14.4. The van der Waals surface area contributed by atoms with Gasteiger partial charge >= 0.3 is 5.97 Å². The van der Waals surface area contributed by atoms with E-state index < -0.39 is 16.7 Å². The maximum atomic E-state index is 13.2. The fourth-order valence-corrected chi connectivity index (χ4v) is 1.68. The van der Waals surface area contributed by atoms with Crippen molar-refractivity contribution in [2.45, 2.75) is 32.2 Å². The first-order valence-electron chi connectivity index (χ1n) is 5.82. The lowest BCUT2D eigenvalue weighted by molar-refractivity contribution is -0.385. The molecule has 0 aliphatic carbocycles. The average Bonchev–Trinajstić information content (AvgIpc) is 2.27. The predicted octanol–water partition coefficient (Wildman–Crippen LogP) is 2.79. The van der Waals surface area contributed by atoms with Gasteiger partial charge in [-0.1, -0.05) is 0 Å². The van der Waals surface area contributed by atoms with Gasteiger partial charge in [-0.3, -0.25) is 14.9 Å². The monoisotopic (exact) mass is 270 g/mol. The number of non-ortho nitro benzene ring substituents is 1. The van der Waals surface area contributed by atoms with Crippen molar-refractivity contribution in [3.8, 4) is 0 Å². The fourth-order valence-electron chi connectivity index (χ4n) is 1.68. The molecule has 0 saturated carbocycles. The molecular weight excluding hydrogens is 255 g/mol. The summed E-state index contributed by atoms with van der Waals surface area (Å²) in [5.41, 5.74) is -0.00485. The Bertz CT molecular complexity index is 479. The van der Waals surface area contributed by atoms with E-state index in [1.807, 2.05) is 0 Å². The highest BCUT2D eigenvalue weighted by Gasteiger charge is 2.11. The van der Waals surface area contributed by atoms with Crippen molar-refractivity contribution in [2.24, 2.45) is 0 Å². The number of carboxylic acids is 1. The van der Waals surface area contributed by atoms with E-state index in [-0.39, 0.29) is 18.2 Å². The summed E-state index contributed by atoms with van der Waals surface area (Å²) in [6, 6.07) is 3.17. The normalized spacial score (nSPS) is 11.9. The van der Waals surface area contributed by atoms with E-state index in [0.29, 0.717) is 18.5 Å². The van der Waals surface area contributed by atoms with Crippen molar-refractivity contribution >= 4 is 17.3 Å². The molecule has 0 bridgehead atoms. The quantitative estimate of drug-likeness (QED) is 0.587. The topological polar surface area (TPSA) is 92.5 Å². The molecule has 0 aromatic heterocycles. The van der Waals surface area contributed by atoms with E-state index >= 15 is 0 Å². The van der Waals surface area contributed by atoms with E-state index in [1.165, 1.54) is 12.1 Å². The number of nitro benzene ring substituents is 1. The second kappa shape index (κ2) is 6.67. The summed E-state index contributed by atoms with van der Waals surface area (Å²) in [4.78, 5) is 20.3. The van der Waals surface area contributed by atoms with Gasteiger partial charge in [0.25, 0.3) is 5.69 Å². The van der Waals surface area contributed by atoms with Crippen molar-refractivity contribution in [3.05, 3.63) is 34.1 Å². The van der Waals surface area contributed by atoms with Crippen LogP contribution in [0.5, 0.6) is 0 Å². The molecule has 0 heterocycles. The molecule has 1 aromatic rings. The SMILES string of the molecule is CC(CCCC(=O)O)Nc1cc(F)cc([N+](=O)[O-])c1. The lowest BCUT2D eigenvalue weighted by Gasteiger charge is -2.14. The summed E-state index contributed by atoms with van der Waals surface area (Å²) in [5, 5.41) is 22.0. The van der Waals surface area contributed by atoms with Gasteiger partial charge in [0.05, 0.1) is 11.0 Å². The molecule has 0 aliphatic heterocycles. The van der Waals surface area contributed by atoms with Crippen LogP contribution >= 0.6 is 0 Å². The minimum absolute atomic E-state index is 0.0648. The van der Waals surface area contributed by atoms with Crippen molar-refractivity contribution in [1.29, 1.82) is 0 Å². The number of halogens is 1. The molecule has 0 saturated heterocycles. The number of nitrogens with one attached hydrogen (secondary N) is 1. The third kappa shape index (κ3) is 5.33. The Balaban J connectivity index is 2.61. The van der Waals surface area contributed by atoms with E-state index in [1.54, 1.807) is 6.92 Å². The molecule has 0 amide bonds. The molecule has 7 heteroatoms. The molecule has 0 aliphatic rings. The van der Waals surface area contributed by atoms with Crippen LogP contribution < -0.4 is 5.32 Å². The van der Waals surface area contributed by atoms with Gasteiger partial charge in [-0.2, -0.15) is 0 Å². The van der Waals surface area contributed by atoms with Gasteiger partial charge in [-0.05, 0) is 25.8 Å². The molecule has 104 valence electrons. The van der Waals surface area contributed by atoms with Gasteiger partial charge < -0.3 is 10.4 Å². The van der Waals surface area contributed by atoms with Crippen molar-refractivity contribution in [2.75, 3.05) is 5.32 Å². The number of carbonyl (C=O) groups is 1. The van der Waals surface area contributed by atoms with Crippen LogP contribution in [0.15, 0.2) is 18.2 Å². The summed E-state index contributed by atoms with van der Waals surface area (Å²) >= 11 is 0. The van der Waals surface area contributed by atoms with E-state index in [9.17, 15) is 19.3 Å². The van der Waals surface area contributed by atoms with Gasteiger partial charge in [0.1, 0.15) is 5.82 Å². The molecule has 19 heavy (non-hydrogen) atoms. The van der Waals surface area contributed by atoms with Crippen molar-refractivity contribution in [3.63, 3.8) is 0 Å². The molecule has 2 N–H and O–H groups in total. The Labute approximate surface area is 109 Å². The number of rotatable bonds is 7. The summed E-state index contributed by atoms with van der Waals surface area (Å²) in [6.45, 7) is 1.80. The second-order valence-electron chi connectivity index (χ2n) is 4.29. The Hall–Kier alpha value is -2.18. The number of hydrogen-bond donors (Lipinski definition) is 2. The molecule has 1 atom stereocenters. The maximum absolute atomic E-state index is 13.2. The van der Waals surface area contributed by atoms with Gasteiger partial charge in [-0.25, -0.2) is 4.39 Å². The van der Waals surface area contributed by atoms with Crippen LogP contribution in [0.3, 0.4) is 0 Å². The molecule has 1 unspecified atom stereocenters. The molecule has 0 radical (unpaired) electrons. The minimum Gasteiger partial charge on any atom is -0.481 e. The third-order valence-electron chi connectivity index (χ3n) is 2.53. The highest BCUT2D eigenvalue weighted by atomic mass is 19.1. The Morgan fingerprint density at radius 1 is 1.53 bits per heavy atom. The summed E-state index contributed by atoms with van der Waals surface area (Å²) in [5.74, 6) is -1.55. The van der Waals surface area contributed by atoms with Crippen LogP contribution in [0.25, 0.3) is 0 Å². The molecule has 1 rings (SSSR count). The van der Waals surface area contributed by atoms with Crippen LogP contribution in [0.2, 0.25) is 0 Å². The van der Waals surface area contributed by atoms with Crippen LogP contribution in [-0.4, -0.2) is 22.0 Å². The molecule has 0 spiro atoms. The van der Waals surface area contributed by atoms with Crippen LogP contribution in [0, 0.1) is 15.9 Å². The number of benzene rings is 1. The van der Waals surface area contributed by atoms with Crippen molar-refractivity contribution in [1.82, 2.24) is 0 Å². The smallest absolute Gasteiger partial charge is 0.303 e. The Kier molecular flexibility index (Phi) is 5.23. The fraction of sp³-hybridized carbons (Fsp3) is 0.417. The number of carboxylic acid groups (broad SMARTS) is 1. The lowest BCUT2D eigenvalue weighted by atomic mass is 10.1. The molecule has 0 fully saturated rings. The first kappa shape index (κ1) is 14.9. The average molecular weight is 270 g/mol. The van der Waals surface area contributed by atoms with E-state index in [2.05, 4.69) is 5.32 Å². The summed E-state index contributed by atoms with van der Waals surface area (Å²) in [7, 11) is 0. The zero-order valence-corrected chi connectivity index (χ0v) is 10.4. The van der Waals surface area contributed by atoms with E-state index in [4.69, 9.17) is 5.11 Å². The van der Waals surface area contributed by atoms with E-state index in [0.717, 1.165) is 6.07 Å². The number of nitro groups is 1.